The van der Waals surface area contributed by atoms with Crippen molar-refractivity contribution in [3.63, 3.8) is 0 Å². The number of hydrogen-bond donors (Lipinski definition) is 1. The number of benzene rings is 1. The third-order valence-corrected chi connectivity index (χ3v) is 2.96. The summed E-state index contributed by atoms with van der Waals surface area (Å²) in [4.78, 5) is 24.0. The quantitative estimate of drug-likeness (QED) is 0.719. The zero-order chi connectivity index (χ0) is 19.2. The van der Waals surface area contributed by atoms with E-state index in [2.05, 4.69) is 19.2 Å². The third-order valence-electron chi connectivity index (χ3n) is 2.96. The minimum Gasteiger partial charge on any atom is -0.462 e. The number of carbonyl (C=O) groups excluding carboxylic acids is 2. The van der Waals surface area contributed by atoms with E-state index in [1.54, 1.807) is 24.3 Å². The smallest absolute Gasteiger partial charge is 0.339 e. The molecule has 0 bridgehead atoms. The molecule has 0 aliphatic rings. The summed E-state index contributed by atoms with van der Waals surface area (Å²) in [6.07, 6.45) is 0. The molecule has 25 heavy (non-hydrogen) atoms. The second-order valence-corrected chi connectivity index (χ2v) is 6.49. The molecule has 0 heterocycles. The van der Waals surface area contributed by atoms with Crippen molar-refractivity contribution in [2.45, 2.75) is 41.5 Å². The summed E-state index contributed by atoms with van der Waals surface area (Å²) in [7, 11) is 0. The van der Waals surface area contributed by atoms with Crippen LogP contribution in [0.5, 0.6) is 0 Å². The van der Waals surface area contributed by atoms with E-state index in [0.29, 0.717) is 13.2 Å². The van der Waals surface area contributed by atoms with Crippen LogP contribution in [0.25, 0.3) is 0 Å². The fraction of sp³-hybridized carbons (Fsp3) is 0.600. The van der Waals surface area contributed by atoms with Crippen LogP contribution >= 0.6 is 0 Å². The molecule has 5 nitrogen and oxygen atoms in total. The van der Waals surface area contributed by atoms with E-state index >= 15 is 0 Å². The summed E-state index contributed by atoms with van der Waals surface area (Å²) in [5.41, 5.74) is 0.504. The lowest BCUT2D eigenvalue weighted by Gasteiger charge is -2.11. The summed E-state index contributed by atoms with van der Waals surface area (Å²) >= 11 is 0. The topological polar surface area (TPSA) is 64.6 Å². The first-order valence-electron chi connectivity index (χ1n) is 8.97. The predicted molar refractivity (Wildman–Crippen MR) is 101 cm³/mol. The SMILES string of the molecule is CC(C)COC(=O)c1ccccc1C(=O)OCC(C)C.CCNCC. The molecule has 1 rings (SSSR count). The Morgan fingerprint density at radius 2 is 1.20 bits per heavy atom. The predicted octanol–water partition coefficient (Wildman–Crippen LogP) is 3.93. The first-order chi connectivity index (χ1) is 11.8. The highest BCUT2D eigenvalue weighted by molar-refractivity contribution is 6.03. The molecule has 0 unspecified atom stereocenters. The van der Waals surface area contributed by atoms with Crippen LogP contribution in [0.4, 0.5) is 0 Å². The molecule has 0 saturated heterocycles. The van der Waals surface area contributed by atoms with Crippen molar-refractivity contribution in [3.8, 4) is 0 Å². The van der Waals surface area contributed by atoms with E-state index in [1.165, 1.54) is 0 Å². The lowest BCUT2D eigenvalue weighted by molar-refractivity contribution is 0.0412. The van der Waals surface area contributed by atoms with Gasteiger partial charge in [0.25, 0.3) is 0 Å². The van der Waals surface area contributed by atoms with Crippen molar-refractivity contribution < 1.29 is 19.1 Å². The Bertz CT molecular complexity index is 467. The molecule has 0 spiro atoms. The zero-order valence-corrected chi connectivity index (χ0v) is 16.4. The van der Waals surface area contributed by atoms with Gasteiger partial charge in [-0.2, -0.15) is 0 Å². The molecule has 0 radical (unpaired) electrons. The molecular weight excluding hydrogens is 318 g/mol. The van der Waals surface area contributed by atoms with E-state index in [9.17, 15) is 9.59 Å². The Balaban J connectivity index is 0.00000101. The van der Waals surface area contributed by atoms with Crippen molar-refractivity contribution in [1.29, 1.82) is 0 Å². The Hall–Kier alpha value is -1.88. The van der Waals surface area contributed by atoms with Crippen LogP contribution in [-0.4, -0.2) is 38.2 Å². The largest absolute Gasteiger partial charge is 0.462 e. The first kappa shape index (κ1) is 23.1. The van der Waals surface area contributed by atoms with E-state index in [-0.39, 0.29) is 23.0 Å². The summed E-state index contributed by atoms with van der Waals surface area (Å²) < 4.78 is 10.3. The normalized spacial score (nSPS) is 10.2. The molecule has 1 aromatic rings. The van der Waals surface area contributed by atoms with Gasteiger partial charge in [-0.05, 0) is 37.1 Å². The molecule has 0 aliphatic carbocycles. The Morgan fingerprint density at radius 3 is 1.44 bits per heavy atom. The second kappa shape index (κ2) is 13.4. The van der Waals surface area contributed by atoms with Crippen LogP contribution in [0.2, 0.25) is 0 Å². The van der Waals surface area contributed by atoms with E-state index < -0.39 is 11.9 Å². The highest BCUT2D eigenvalue weighted by Crippen LogP contribution is 2.13. The minimum atomic E-state index is -0.490. The summed E-state index contributed by atoms with van der Waals surface area (Å²) in [6, 6.07) is 6.56. The molecule has 5 heteroatoms. The van der Waals surface area contributed by atoms with Crippen LogP contribution in [0.1, 0.15) is 62.3 Å². The first-order valence-corrected chi connectivity index (χ1v) is 8.97. The van der Waals surface area contributed by atoms with Crippen LogP contribution in [0.15, 0.2) is 24.3 Å². The fourth-order valence-corrected chi connectivity index (χ4v) is 1.73. The lowest BCUT2D eigenvalue weighted by atomic mass is 10.1. The zero-order valence-electron chi connectivity index (χ0n) is 16.4. The van der Waals surface area contributed by atoms with Gasteiger partial charge in [0, 0.05) is 0 Å². The number of esters is 2. The molecular formula is C20H33NO4. The fourth-order valence-electron chi connectivity index (χ4n) is 1.73. The van der Waals surface area contributed by atoms with Gasteiger partial charge in [-0.3, -0.25) is 0 Å². The highest BCUT2D eigenvalue weighted by Gasteiger charge is 2.19. The van der Waals surface area contributed by atoms with Gasteiger partial charge in [-0.25, -0.2) is 9.59 Å². The third kappa shape index (κ3) is 10.6. The van der Waals surface area contributed by atoms with Gasteiger partial charge >= 0.3 is 11.9 Å². The molecule has 0 amide bonds. The number of rotatable bonds is 8. The minimum absolute atomic E-state index is 0.249. The van der Waals surface area contributed by atoms with E-state index in [4.69, 9.17) is 9.47 Å². The number of carbonyl (C=O) groups is 2. The molecule has 0 saturated carbocycles. The van der Waals surface area contributed by atoms with Crippen molar-refractivity contribution in [2.75, 3.05) is 26.3 Å². The van der Waals surface area contributed by atoms with Gasteiger partial charge in [0.15, 0.2) is 0 Å². The molecule has 0 fully saturated rings. The Labute approximate surface area is 152 Å². The van der Waals surface area contributed by atoms with Gasteiger partial charge in [-0.15, -0.1) is 0 Å². The lowest BCUT2D eigenvalue weighted by Crippen LogP contribution is -2.17. The number of hydrogen-bond acceptors (Lipinski definition) is 5. The number of ether oxygens (including phenoxy) is 2. The standard InChI is InChI=1S/C16H22O4.C4H11N/c1-11(2)9-19-15(17)13-7-5-6-8-14(13)16(18)20-10-12(3)4;1-3-5-4-2/h5-8,11-12H,9-10H2,1-4H3;5H,3-4H2,1-2H3. The van der Waals surface area contributed by atoms with E-state index in [1.807, 2.05) is 27.7 Å². The molecule has 142 valence electrons. The van der Waals surface area contributed by atoms with Crippen LogP contribution in [0, 0.1) is 11.8 Å². The Kier molecular flexibility index (Phi) is 12.4. The average molecular weight is 351 g/mol. The highest BCUT2D eigenvalue weighted by atomic mass is 16.5. The molecule has 0 atom stereocenters. The van der Waals surface area contributed by atoms with Gasteiger partial charge in [0.05, 0.1) is 24.3 Å². The van der Waals surface area contributed by atoms with Gasteiger partial charge < -0.3 is 14.8 Å². The van der Waals surface area contributed by atoms with Crippen molar-refractivity contribution in [1.82, 2.24) is 5.32 Å². The Morgan fingerprint density at radius 1 is 0.840 bits per heavy atom. The van der Waals surface area contributed by atoms with Crippen LogP contribution in [0.3, 0.4) is 0 Å². The summed E-state index contributed by atoms with van der Waals surface area (Å²) in [6.45, 7) is 14.9. The van der Waals surface area contributed by atoms with Crippen LogP contribution < -0.4 is 5.32 Å². The summed E-state index contributed by atoms with van der Waals surface area (Å²) in [5, 5.41) is 3.11. The maximum atomic E-state index is 12.0. The van der Waals surface area contributed by atoms with Crippen molar-refractivity contribution in [2.24, 2.45) is 11.8 Å². The van der Waals surface area contributed by atoms with Crippen molar-refractivity contribution >= 4 is 11.9 Å². The average Bonchev–Trinajstić information content (AvgIpc) is 2.58. The van der Waals surface area contributed by atoms with E-state index in [0.717, 1.165) is 13.1 Å². The molecule has 0 aromatic heterocycles. The van der Waals surface area contributed by atoms with Gasteiger partial charge in [-0.1, -0.05) is 53.7 Å². The summed E-state index contributed by atoms with van der Waals surface area (Å²) in [5.74, 6) is -0.482. The maximum absolute atomic E-state index is 12.0. The molecule has 0 aliphatic heterocycles. The van der Waals surface area contributed by atoms with Gasteiger partial charge in [0.1, 0.15) is 0 Å². The van der Waals surface area contributed by atoms with Crippen molar-refractivity contribution in [3.05, 3.63) is 35.4 Å². The monoisotopic (exact) mass is 351 g/mol. The molecule has 1 N–H and O–H groups in total. The van der Waals surface area contributed by atoms with Gasteiger partial charge in [0.2, 0.25) is 0 Å². The van der Waals surface area contributed by atoms with Crippen LogP contribution in [-0.2, 0) is 9.47 Å². The molecule has 1 aromatic carbocycles. The second-order valence-electron chi connectivity index (χ2n) is 6.49. The number of nitrogens with one attached hydrogen (secondary N) is 1. The maximum Gasteiger partial charge on any atom is 0.339 e.